The zero-order chi connectivity index (χ0) is 12.8. The quantitative estimate of drug-likeness (QED) is 0.466. The van der Waals surface area contributed by atoms with Crippen LogP contribution in [0.2, 0.25) is 0 Å². The minimum atomic E-state index is -4.37. The lowest BCUT2D eigenvalue weighted by molar-refractivity contribution is -0.142. The maximum Gasteiger partial charge on any atom is 0.390 e. The van der Waals surface area contributed by atoms with Gasteiger partial charge in [0.15, 0.2) is 0 Å². The monoisotopic (exact) mass is 257 g/mol. The molecule has 0 aliphatic rings. The summed E-state index contributed by atoms with van der Waals surface area (Å²) < 4.78 is 35.0. The zero-order valence-corrected chi connectivity index (χ0v) is 8.87. The van der Waals surface area contributed by atoms with Crippen LogP contribution in [0.25, 0.3) is 0 Å². The van der Waals surface area contributed by atoms with E-state index in [9.17, 15) is 22.8 Å². The molecule has 2 amide bonds. The fourth-order valence-electron chi connectivity index (χ4n) is 0.646. The van der Waals surface area contributed by atoms with Gasteiger partial charge in [0.1, 0.15) is 0 Å². The first-order valence-electron chi connectivity index (χ1n) is 4.13. The van der Waals surface area contributed by atoms with Gasteiger partial charge >= 0.3 is 18.0 Å². The standard InChI is InChI=1S/C7H10F3N3O2S/c8-7(9,10)1-2-12-5(14)6(15)13-3-4(11)16/h1-3H2,(H2,11,16)(H,12,14)(H,13,15). The van der Waals surface area contributed by atoms with Crippen molar-refractivity contribution in [1.29, 1.82) is 0 Å². The molecule has 0 unspecified atom stereocenters. The van der Waals surface area contributed by atoms with Crippen LogP contribution in [0.4, 0.5) is 13.2 Å². The van der Waals surface area contributed by atoms with Crippen LogP contribution in [0.1, 0.15) is 6.42 Å². The Morgan fingerprint density at radius 1 is 1.19 bits per heavy atom. The predicted molar refractivity (Wildman–Crippen MR) is 53.5 cm³/mol. The number of hydrogen-bond acceptors (Lipinski definition) is 3. The molecule has 0 aromatic heterocycles. The number of nitrogens with two attached hydrogens (primary N) is 1. The van der Waals surface area contributed by atoms with E-state index in [-0.39, 0.29) is 11.5 Å². The van der Waals surface area contributed by atoms with E-state index in [2.05, 4.69) is 12.2 Å². The molecule has 0 aromatic carbocycles. The molecule has 0 aliphatic heterocycles. The summed E-state index contributed by atoms with van der Waals surface area (Å²) in [6.45, 7) is -0.830. The second-order valence-corrected chi connectivity index (χ2v) is 3.29. The Labute approximate surface area is 94.5 Å². The Morgan fingerprint density at radius 2 is 1.69 bits per heavy atom. The number of alkyl halides is 3. The molecule has 0 radical (unpaired) electrons. The van der Waals surface area contributed by atoms with Gasteiger partial charge in [-0.15, -0.1) is 0 Å². The van der Waals surface area contributed by atoms with Crippen molar-refractivity contribution in [2.24, 2.45) is 5.73 Å². The molecule has 0 fully saturated rings. The number of amides is 2. The first-order valence-corrected chi connectivity index (χ1v) is 4.54. The van der Waals surface area contributed by atoms with E-state index >= 15 is 0 Å². The van der Waals surface area contributed by atoms with Gasteiger partial charge in [-0.3, -0.25) is 9.59 Å². The fraction of sp³-hybridized carbons (Fsp3) is 0.571. The Morgan fingerprint density at radius 3 is 2.12 bits per heavy atom. The predicted octanol–water partition coefficient (Wildman–Crippen LogP) is -0.543. The topological polar surface area (TPSA) is 84.2 Å². The van der Waals surface area contributed by atoms with Gasteiger partial charge < -0.3 is 16.4 Å². The van der Waals surface area contributed by atoms with Crippen LogP contribution >= 0.6 is 12.2 Å². The highest BCUT2D eigenvalue weighted by molar-refractivity contribution is 7.80. The highest BCUT2D eigenvalue weighted by Gasteiger charge is 2.27. The molecular formula is C7H10F3N3O2S. The van der Waals surface area contributed by atoms with Crippen molar-refractivity contribution in [3.8, 4) is 0 Å². The number of nitrogens with one attached hydrogen (secondary N) is 2. The lowest BCUT2D eigenvalue weighted by atomic mass is 10.4. The molecule has 16 heavy (non-hydrogen) atoms. The van der Waals surface area contributed by atoms with E-state index in [1.807, 2.05) is 10.6 Å². The summed E-state index contributed by atoms with van der Waals surface area (Å²) in [5.74, 6) is -2.23. The van der Waals surface area contributed by atoms with Crippen LogP contribution in [-0.2, 0) is 9.59 Å². The molecule has 0 atom stereocenters. The minimum absolute atomic E-state index is 0.0311. The van der Waals surface area contributed by atoms with Crippen LogP contribution in [0.15, 0.2) is 0 Å². The van der Waals surface area contributed by atoms with Crippen LogP contribution in [0.5, 0.6) is 0 Å². The molecule has 0 rings (SSSR count). The molecule has 0 saturated carbocycles. The normalized spacial score (nSPS) is 10.7. The molecule has 5 nitrogen and oxygen atoms in total. The smallest absolute Gasteiger partial charge is 0.390 e. The molecule has 0 spiro atoms. The van der Waals surface area contributed by atoms with Crippen molar-refractivity contribution in [3.05, 3.63) is 0 Å². The third kappa shape index (κ3) is 7.97. The minimum Gasteiger partial charge on any atom is -0.392 e. The van der Waals surface area contributed by atoms with Crippen molar-refractivity contribution in [2.75, 3.05) is 13.1 Å². The Balaban J connectivity index is 3.80. The van der Waals surface area contributed by atoms with Gasteiger partial charge in [0.2, 0.25) is 0 Å². The van der Waals surface area contributed by atoms with E-state index in [1.54, 1.807) is 0 Å². The van der Waals surface area contributed by atoms with Gasteiger partial charge in [0.05, 0.1) is 18.0 Å². The highest BCUT2D eigenvalue weighted by atomic mass is 32.1. The van der Waals surface area contributed by atoms with E-state index in [1.165, 1.54) is 0 Å². The molecule has 9 heteroatoms. The van der Waals surface area contributed by atoms with Gasteiger partial charge in [-0.2, -0.15) is 13.2 Å². The fourth-order valence-corrected chi connectivity index (χ4v) is 0.718. The van der Waals surface area contributed by atoms with Crippen LogP contribution < -0.4 is 16.4 Å². The number of thiocarbonyl (C=S) groups is 1. The highest BCUT2D eigenvalue weighted by Crippen LogP contribution is 2.17. The van der Waals surface area contributed by atoms with Crippen LogP contribution in [0, 0.1) is 0 Å². The summed E-state index contributed by atoms with van der Waals surface area (Å²) in [4.78, 5) is 21.7. The van der Waals surface area contributed by atoms with Crippen LogP contribution in [0.3, 0.4) is 0 Å². The number of carbonyl (C=O) groups excluding carboxylic acids is 2. The van der Waals surface area contributed by atoms with Crippen molar-refractivity contribution >= 4 is 29.0 Å². The third-order valence-corrected chi connectivity index (χ3v) is 1.47. The maximum atomic E-state index is 11.7. The summed E-state index contributed by atoms with van der Waals surface area (Å²) in [6.07, 6.45) is -5.57. The third-order valence-electron chi connectivity index (χ3n) is 1.32. The SMILES string of the molecule is NC(=S)CNC(=O)C(=O)NCCC(F)(F)F. The number of rotatable bonds is 4. The second kappa shape index (κ2) is 6.26. The average Bonchev–Trinajstić information content (AvgIpc) is 2.11. The Kier molecular flexibility index (Phi) is 5.72. The Hall–Kier alpha value is -1.38. The first kappa shape index (κ1) is 14.6. The summed E-state index contributed by atoms with van der Waals surface area (Å²) in [5, 5.41) is 3.84. The molecule has 4 N–H and O–H groups in total. The van der Waals surface area contributed by atoms with Gasteiger partial charge in [-0.05, 0) is 0 Å². The first-order chi connectivity index (χ1) is 7.22. The molecular weight excluding hydrogens is 247 g/mol. The number of hydrogen-bond donors (Lipinski definition) is 3. The molecule has 0 aliphatic carbocycles. The van der Waals surface area contributed by atoms with E-state index in [0.29, 0.717) is 0 Å². The summed E-state index contributed by atoms with van der Waals surface area (Å²) >= 11 is 4.42. The lowest BCUT2D eigenvalue weighted by Gasteiger charge is -2.07. The van der Waals surface area contributed by atoms with Gasteiger partial charge in [0, 0.05) is 6.54 Å². The largest absolute Gasteiger partial charge is 0.392 e. The molecule has 0 saturated heterocycles. The van der Waals surface area contributed by atoms with Crippen LogP contribution in [-0.4, -0.2) is 36.1 Å². The van der Waals surface area contributed by atoms with Crippen molar-refractivity contribution in [3.63, 3.8) is 0 Å². The summed E-state index contributed by atoms with van der Waals surface area (Å²) in [5.41, 5.74) is 5.03. The molecule has 92 valence electrons. The van der Waals surface area contributed by atoms with Gasteiger partial charge in [-0.1, -0.05) is 12.2 Å². The van der Waals surface area contributed by atoms with E-state index in [4.69, 9.17) is 5.73 Å². The number of carbonyl (C=O) groups is 2. The Bertz CT molecular complexity index is 293. The molecule has 0 bridgehead atoms. The van der Waals surface area contributed by atoms with Crippen molar-refractivity contribution < 1.29 is 22.8 Å². The van der Waals surface area contributed by atoms with Gasteiger partial charge in [-0.25, -0.2) is 0 Å². The molecule has 0 aromatic rings. The number of halogens is 3. The summed E-state index contributed by atoms with van der Waals surface area (Å²) in [6, 6.07) is 0. The van der Waals surface area contributed by atoms with E-state index < -0.39 is 31.0 Å². The van der Waals surface area contributed by atoms with Crippen molar-refractivity contribution in [2.45, 2.75) is 12.6 Å². The average molecular weight is 257 g/mol. The van der Waals surface area contributed by atoms with E-state index in [0.717, 1.165) is 0 Å². The summed E-state index contributed by atoms with van der Waals surface area (Å²) in [7, 11) is 0. The molecule has 0 heterocycles. The zero-order valence-electron chi connectivity index (χ0n) is 8.06. The van der Waals surface area contributed by atoms with Gasteiger partial charge in [0.25, 0.3) is 0 Å². The lowest BCUT2D eigenvalue weighted by Crippen LogP contribution is -2.43. The maximum absolute atomic E-state index is 11.7. The second-order valence-electron chi connectivity index (χ2n) is 2.77. The van der Waals surface area contributed by atoms with Crippen molar-refractivity contribution in [1.82, 2.24) is 10.6 Å².